The minimum Gasteiger partial charge on any atom is -0.296 e. The lowest BCUT2D eigenvalue weighted by Gasteiger charge is -2.06. The summed E-state index contributed by atoms with van der Waals surface area (Å²) in [6.07, 6.45) is 0. The number of hydrogen-bond donors (Lipinski definition) is 1. The van der Waals surface area contributed by atoms with Crippen LogP contribution in [0.4, 0.5) is 5.13 Å². The van der Waals surface area contributed by atoms with Crippen LogP contribution in [0.2, 0.25) is 0 Å². The number of carbonyl (C=O) groups is 1. The number of anilines is 1. The van der Waals surface area contributed by atoms with Crippen molar-refractivity contribution in [3.8, 4) is 0 Å². The summed E-state index contributed by atoms with van der Waals surface area (Å²) in [5.41, 5.74) is 4.73. The van der Waals surface area contributed by atoms with Gasteiger partial charge < -0.3 is 0 Å². The molecule has 0 spiro atoms. The first-order valence-corrected chi connectivity index (χ1v) is 8.42. The second-order valence-electron chi connectivity index (χ2n) is 6.09. The van der Waals surface area contributed by atoms with Gasteiger partial charge in [0.15, 0.2) is 10.8 Å². The van der Waals surface area contributed by atoms with Gasteiger partial charge in [0.25, 0.3) is 5.91 Å². The molecule has 2 aromatic heterocycles. The Balaban J connectivity index is 1.86. The summed E-state index contributed by atoms with van der Waals surface area (Å²) in [4.78, 5) is 16.9. The van der Waals surface area contributed by atoms with E-state index in [-0.39, 0.29) is 11.9 Å². The molecule has 0 fully saturated rings. The number of nitrogens with zero attached hydrogens (tertiary/aromatic N) is 3. The predicted octanol–water partition coefficient (Wildman–Crippen LogP) is 4.25. The molecule has 0 radical (unpaired) electrons. The van der Waals surface area contributed by atoms with E-state index in [4.69, 9.17) is 0 Å². The molecular weight excluding hydrogens is 308 g/mol. The molecule has 1 N–H and O–H groups in total. The van der Waals surface area contributed by atoms with E-state index in [0.29, 0.717) is 10.8 Å². The van der Waals surface area contributed by atoms with Gasteiger partial charge >= 0.3 is 0 Å². The molecule has 0 atom stereocenters. The molecule has 23 heavy (non-hydrogen) atoms. The maximum atomic E-state index is 12.4. The van der Waals surface area contributed by atoms with Crippen LogP contribution in [0.15, 0.2) is 18.2 Å². The van der Waals surface area contributed by atoms with Crippen molar-refractivity contribution in [3.05, 3.63) is 40.7 Å². The Kier molecular flexibility index (Phi) is 3.93. The van der Waals surface area contributed by atoms with E-state index in [2.05, 4.69) is 41.4 Å². The van der Waals surface area contributed by atoms with Gasteiger partial charge in [-0.1, -0.05) is 11.3 Å². The lowest BCUT2D eigenvalue weighted by Crippen LogP contribution is -2.13. The molecule has 5 nitrogen and oxygen atoms in total. The lowest BCUT2D eigenvalue weighted by molar-refractivity contribution is 0.102. The molecule has 120 valence electrons. The van der Waals surface area contributed by atoms with Gasteiger partial charge in [-0.15, -0.1) is 0 Å². The highest BCUT2D eigenvalue weighted by molar-refractivity contribution is 7.22. The van der Waals surface area contributed by atoms with Crippen molar-refractivity contribution in [1.82, 2.24) is 14.8 Å². The molecule has 0 aliphatic rings. The minimum absolute atomic E-state index is 0.222. The van der Waals surface area contributed by atoms with Crippen LogP contribution in [0.3, 0.4) is 0 Å². The van der Waals surface area contributed by atoms with E-state index < -0.39 is 0 Å². The topological polar surface area (TPSA) is 59.8 Å². The second kappa shape index (κ2) is 5.77. The van der Waals surface area contributed by atoms with Gasteiger partial charge in [-0.2, -0.15) is 5.10 Å². The Morgan fingerprint density at radius 1 is 1.17 bits per heavy atom. The number of benzene rings is 1. The molecule has 6 heteroatoms. The number of thiazole rings is 1. The average molecular weight is 328 g/mol. The Hall–Kier alpha value is -2.21. The van der Waals surface area contributed by atoms with Crippen molar-refractivity contribution in [2.75, 3.05) is 5.32 Å². The molecular formula is C17H20N4OS. The maximum Gasteiger partial charge on any atom is 0.277 e. The van der Waals surface area contributed by atoms with Crippen LogP contribution in [0.25, 0.3) is 10.2 Å². The van der Waals surface area contributed by atoms with Crippen molar-refractivity contribution in [2.24, 2.45) is 0 Å². The van der Waals surface area contributed by atoms with Crippen molar-refractivity contribution >= 4 is 32.6 Å². The summed E-state index contributed by atoms with van der Waals surface area (Å²) in [7, 11) is 0. The Bertz CT molecular complexity index is 853. The number of nitrogens with one attached hydrogen (secondary N) is 1. The quantitative estimate of drug-likeness (QED) is 0.782. The van der Waals surface area contributed by atoms with Gasteiger partial charge in [-0.25, -0.2) is 4.98 Å². The van der Waals surface area contributed by atoms with Crippen LogP contribution in [-0.4, -0.2) is 20.7 Å². The number of hydrogen-bond acceptors (Lipinski definition) is 4. The Morgan fingerprint density at radius 3 is 2.52 bits per heavy atom. The molecule has 0 aliphatic heterocycles. The summed E-state index contributed by atoms with van der Waals surface area (Å²) in [6, 6.07) is 6.19. The van der Waals surface area contributed by atoms with Gasteiger partial charge in [-0.3, -0.25) is 14.8 Å². The third kappa shape index (κ3) is 2.99. The van der Waals surface area contributed by atoms with Crippen LogP contribution < -0.4 is 5.32 Å². The van der Waals surface area contributed by atoms with Crippen molar-refractivity contribution in [3.63, 3.8) is 0 Å². The van der Waals surface area contributed by atoms with E-state index in [1.807, 2.05) is 25.5 Å². The van der Waals surface area contributed by atoms with E-state index in [1.54, 1.807) is 6.07 Å². The second-order valence-corrected chi connectivity index (χ2v) is 7.12. The zero-order valence-electron chi connectivity index (χ0n) is 14.0. The highest BCUT2D eigenvalue weighted by atomic mass is 32.1. The van der Waals surface area contributed by atoms with Crippen LogP contribution in [0.5, 0.6) is 0 Å². The van der Waals surface area contributed by atoms with Crippen LogP contribution in [-0.2, 0) is 0 Å². The van der Waals surface area contributed by atoms with Crippen LogP contribution in [0, 0.1) is 20.8 Å². The zero-order valence-corrected chi connectivity index (χ0v) is 14.8. The number of aromatic nitrogens is 3. The molecule has 0 unspecified atom stereocenters. The average Bonchev–Trinajstić information content (AvgIpc) is 3.02. The van der Waals surface area contributed by atoms with Crippen molar-refractivity contribution in [1.29, 1.82) is 0 Å². The first-order valence-electron chi connectivity index (χ1n) is 7.60. The molecule has 0 saturated heterocycles. The van der Waals surface area contributed by atoms with Crippen LogP contribution >= 0.6 is 11.3 Å². The van der Waals surface area contributed by atoms with Gasteiger partial charge in [0.05, 0.1) is 10.2 Å². The lowest BCUT2D eigenvalue weighted by atomic mass is 10.1. The summed E-state index contributed by atoms with van der Waals surface area (Å²) < 4.78 is 2.92. The molecule has 2 heterocycles. The van der Waals surface area contributed by atoms with E-state index >= 15 is 0 Å². The summed E-state index contributed by atoms with van der Waals surface area (Å²) in [5.74, 6) is -0.222. The molecule has 0 aliphatic carbocycles. The number of amides is 1. The molecule has 3 rings (SSSR count). The number of carbonyl (C=O) groups excluding carboxylic acids is 1. The van der Waals surface area contributed by atoms with Crippen LogP contribution in [0.1, 0.15) is 47.2 Å². The normalized spacial score (nSPS) is 11.4. The standard InChI is InChI=1S/C17H20N4OS/c1-9(2)21-12(5)8-14(20-21)16(22)19-17-18-13-6-10(3)11(4)7-15(13)23-17/h6-9H,1-5H3,(H,18,19,22). The molecule has 1 aromatic carbocycles. The zero-order chi connectivity index (χ0) is 16.7. The third-order valence-electron chi connectivity index (χ3n) is 3.87. The first kappa shape index (κ1) is 15.7. The number of rotatable bonds is 3. The fraction of sp³-hybridized carbons (Fsp3) is 0.353. The third-order valence-corrected chi connectivity index (χ3v) is 4.80. The first-order chi connectivity index (χ1) is 10.8. The highest BCUT2D eigenvalue weighted by Gasteiger charge is 2.16. The monoisotopic (exact) mass is 328 g/mol. The summed E-state index contributed by atoms with van der Waals surface area (Å²) in [5, 5.41) is 7.83. The predicted molar refractivity (Wildman–Crippen MR) is 94.4 cm³/mol. The maximum absolute atomic E-state index is 12.4. The van der Waals surface area contributed by atoms with Gasteiger partial charge in [0.2, 0.25) is 0 Å². The minimum atomic E-state index is -0.222. The van der Waals surface area contributed by atoms with Crippen molar-refractivity contribution in [2.45, 2.75) is 40.7 Å². The van der Waals surface area contributed by atoms with Gasteiger partial charge in [0.1, 0.15) is 0 Å². The van der Waals surface area contributed by atoms with Gasteiger partial charge in [0, 0.05) is 11.7 Å². The highest BCUT2D eigenvalue weighted by Crippen LogP contribution is 2.28. The number of fused-ring (bicyclic) bond motifs is 1. The molecule has 3 aromatic rings. The molecule has 1 amide bonds. The molecule has 0 saturated carbocycles. The van der Waals surface area contributed by atoms with Crippen molar-refractivity contribution < 1.29 is 4.79 Å². The van der Waals surface area contributed by atoms with E-state index in [1.165, 1.54) is 22.5 Å². The number of aryl methyl sites for hydroxylation is 3. The summed E-state index contributed by atoms with van der Waals surface area (Å²) >= 11 is 1.48. The largest absolute Gasteiger partial charge is 0.296 e. The Morgan fingerprint density at radius 2 is 1.87 bits per heavy atom. The SMILES string of the molecule is Cc1cc2nc(NC(=O)c3cc(C)n(C(C)C)n3)sc2cc1C. The Labute approximate surface area is 139 Å². The molecule has 0 bridgehead atoms. The summed E-state index contributed by atoms with van der Waals surface area (Å²) in [6.45, 7) is 10.2. The van der Waals surface area contributed by atoms with Gasteiger partial charge in [-0.05, 0) is 63.9 Å². The smallest absolute Gasteiger partial charge is 0.277 e. The van der Waals surface area contributed by atoms with E-state index in [0.717, 1.165) is 15.9 Å². The van der Waals surface area contributed by atoms with E-state index in [9.17, 15) is 4.79 Å². The fourth-order valence-corrected chi connectivity index (χ4v) is 3.46. The fourth-order valence-electron chi connectivity index (χ4n) is 2.52.